The second-order valence-corrected chi connectivity index (χ2v) is 10.1. The van der Waals surface area contributed by atoms with E-state index in [9.17, 15) is 45.9 Å². The molecule has 49 heavy (non-hydrogen) atoms. The maximum absolute atomic E-state index is 13.5. The van der Waals surface area contributed by atoms with Crippen LogP contribution >= 0.6 is 0 Å². The largest absolute Gasteiger partial charge is 0.420 e. The lowest BCUT2D eigenvalue weighted by Crippen LogP contribution is -2.51. The zero-order valence-electron chi connectivity index (χ0n) is 27.1. The maximum atomic E-state index is 13.5. The second-order valence-electron chi connectivity index (χ2n) is 10.1. The molecule has 2 atom stereocenters. The molecule has 0 spiro atoms. The van der Waals surface area contributed by atoms with Gasteiger partial charge in [0.25, 0.3) is 0 Å². The van der Waals surface area contributed by atoms with Gasteiger partial charge in [0.15, 0.2) is 0 Å². The van der Waals surface area contributed by atoms with Gasteiger partial charge in [-0.3, -0.25) is 24.0 Å². The van der Waals surface area contributed by atoms with Crippen molar-refractivity contribution >= 4 is 29.6 Å². The summed E-state index contributed by atoms with van der Waals surface area (Å²) in [6.07, 6.45) is 0.143. The Hall–Kier alpha value is -3.98. The fourth-order valence-corrected chi connectivity index (χ4v) is 3.48. The minimum Gasteiger partial charge on any atom is -0.420 e. The Morgan fingerprint density at radius 2 is 1.06 bits per heavy atom. The van der Waals surface area contributed by atoms with Gasteiger partial charge in [-0.2, -0.15) is 8.78 Å². The summed E-state index contributed by atoms with van der Waals surface area (Å²) >= 11 is 0. The van der Waals surface area contributed by atoms with Crippen LogP contribution in [-0.2, 0) is 42.9 Å². The third-order valence-electron chi connectivity index (χ3n) is 6.07. The number of benzene rings is 1. The van der Waals surface area contributed by atoms with Crippen LogP contribution in [0.15, 0.2) is 0 Å². The maximum Gasteiger partial charge on any atom is 0.313 e. The molecule has 2 unspecified atom stereocenters. The normalized spacial score (nSPS) is 12.2. The summed E-state index contributed by atoms with van der Waals surface area (Å²) in [6.45, 7) is 3.96. The highest BCUT2D eigenvalue weighted by Gasteiger charge is 2.28. The highest BCUT2D eigenvalue weighted by atomic mass is 19.2. The second kappa shape index (κ2) is 24.2. The van der Waals surface area contributed by atoms with Crippen LogP contribution in [0, 0.1) is 29.1 Å². The summed E-state index contributed by atoms with van der Waals surface area (Å²) in [4.78, 5) is 59.5. The number of halogens is 5. The summed E-state index contributed by atoms with van der Waals surface area (Å²) in [5.74, 6) is -16.3. The van der Waals surface area contributed by atoms with E-state index in [2.05, 4.69) is 26.0 Å². The fraction of sp³-hybridized carbons (Fsp3) is 0.621. The molecule has 0 aliphatic rings. The van der Waals surface area contributed by atoms with Crippen LogP contribution in [0.1, 0.15) is 33.1 Å². The van der Waals surface area contributed by atoms with Gasteiger partial charge in [-0.1, -0.05) is 0 Å². The van der Waals surface area contributed by atoms with Crippen molar-refractivity contribution in [3.63, 3.8) is 0 Å². The van der Waals surface area contributed by atoms with Crippen LogP contribution < -0.4 is 31.7 Å². The SMILES string of the molecule is CC(NC(=O)CCCN)C(=O)NCC(=O)NC(C)C(=O)NCCOCCOCCOCCOCCC(=O)Oc1c(F)c(F)c(F)c(F)c1F. The molecular formula is C29H42F5N5O10. The third kappa shape index (κ3) is 17.3. The van der Waals surface area contributed by atoms with Crippen molar-refractivity contribution in [1.29, 1.82) is 0 Å². The van der Waals surface area contributed by atoms with E-state index >= 15 is 0 Å². The van der Waals surface area contributed by atoms with Gasteiger partial charge in [-0.15, -0.1) is 0 Å². The molecule has 1 aromatic rings. The average Bonchev–Trinajstić information content (AvgIpc) is 3.07. The van der Waals surface area contributed by atoms with Crippen LogP contribution in [0.5, 0.6) is 5.75 Å². The number of rotatable bonds is 25. The number of hydrogen-bond donors (Lipinski definition) is 5. The fourth-order valence-electron chi connectivity index (χ4n) is 3.48. The van der Waals surface area contributed by atoms with E-state index in [4.69, 9.17) is 24.7 Å². The van der Waals surface area contributed by atoms with Gasteiger partial charge in [-0.25, -0.2) is 13.2 Å². The Bertz CT molecular complexity index is 1220. The zero-order valence-corrected chi connectivity index (χ0v) is 27.1. The Morgan fingerprint density at radius 3 is 1.59 bits per heavy atom. The molecule has 0 bridgehead atoms. The number of ether oxygens (including phenoxy) is 5. The highest BCUT2D eigenvalue weighted by Crippen LogP contribution is 2.29. The van der Waals surface area contributed by atoms with Crippen LogP contribution in [-0.4, -0.2) is 114 Å². The van der Waals surface area contributed by atoms with Crippen LogP contribution in [0.4, 0.5) is 22.0 Å². The number of esters is 1. The highest BCUT2D eigenvalue weighted by molar-refractivity contribution is 5.92. The molecule has 0 saturated carbocycles. The smallest absolute Gasteiger partial charge is 0.313 e. The summed E-state index contributed by atoms with van der Waals surface area (Å²) < 4.78 is 91.6. The number of carbonyl (C=O) groups is 5. The summed E-state index contributed by atoms with van der Waals surface area (Å²) in [6, 6.07) is -1.73. The molecule has 0 aliphatic heterocycles. The van der Waals surface area contributed by atoms with E-state index in [1.165, 1.54) is 13.8 Å². The van der Waals surface area contributed by atoms with E-state index in [0.29, 0.717) is 13.0 Å². The molecule has 1 aromatic carbocycles. The molecule has 4 amide bonds. The number of amides is 4. The molecule has 0 aliphatic carbocycles. The molecule has 0 radical (unpaired) electrons. The predicted molar refractivity (Wildman–Crippen MR) is 159 cm³/mol. The van der Waals surface area contributed by atoms with Gasteiger partial charge in [-0.05, 0) is 26.8 Å². The van der Waals surface area contributed by atoms with Crippen molar-refractivity contribution < 1.29 is 69.6 Å². The van der Waals surface area contributed by atoms with Crippen molar-refractivity contribution in [3.05, 3.63) is 29.1 Å². The Morgan fingerprint density at radius 1 is 0.612 bits per heavy atom. The van der Waals surface area contributed by atoms with Crippen molar-refractivity contribution in [3.8, 4) is 5.75 Å². The molecule has 0 saturated heterocycles. The van der Waals surface area contributed by atoms with Crippen molar-refractivity contribution in [1.82, 2.24) is 21.3 Å². The van der Waals surface area contributed by atoms with Gasteiger partial charge in [0.2, 0.25) is 58.5 Å². The van der Waals surface area contributed by atoms with Crippen molar-refractivity contribution in [2.45, 2.75) is 45.2 Å². The Labute approximate surface area is 279 Å². The van der Waals surface area contributed by atoms with Crippen LogP contribution in [0.3, 0.4) is 0 Å². The van der Waals surface area contributed by atoms with E-state index in [1.807, 2.05) is 0 Å². The molecule has 20 heteroatoms. The van der Waals surface area contributed by atoms with Gasteiger partial charge in [0.1, 0.15) is 12.1 Å². The van der Waals surface area contributed by atoms with E-state index in [0.717, 1.165) is 0 Å². The van der Waals surface area contributed by atoms with Gasteiger partial charge < -0.3 is 50.7 Å². The lowest BCUT2D eigenvalue weighted by atomic mass is 10.2. The van der Waals surface area contributed by atoms with Gasteiger partial charge >= 0.3 is 5.97 Å². The monoisotopic (exact) mass is 715 g/mol. The van der Waals surface area contributed by atoms with Crippen LogP contribution in [0.2, 0.25) is 0 Å². The first kappa shape index (κ1) is 43.0. The van der Waals surface area contributed by atoms with Crippen molar-refractivity contribution in [2.24, 2.45) is 5.73 Å². The molecule has 278 valence electrons. The third-order valence-corrected chi connectivity index (χ3v) is 6.07. The molecule has 1 rings (SSSR count). The van der Waals surface area contributed by atoms with Gasteiger partial charge in [0, 0.05) is 13.0 Å². The quantitative estimate of drug-likeness (QED) is 0.0223. The van der Waals surface area contributed by atoms with E-state index < -0.39 is 77.0 Å². The summed E-state index contributed by atoms with van der Waals surface area (Å²) in [5, 5.41) is 9.90. The zero-order chi connectivity index (χ0) is 36.8. The molecule has 0 heterocycles. The summed E-state index contributed by atoms with van der Waals surface area (Å²) in [5.41, 5.74) is 5.33. The van der Waals surface area contributed by atoms with Gasteiger partial charge in [0.05, 0.1) is 65.8 Å². The lowest BCUT2D eigenvalue weighted by molar-refractivity contribution is -0.136. The molecule has 6 N–H and O–H groups in total. The Balaban J connectivity index is 2.01. The van der Waals surface area contributed by atoms with E-state index in [-0.39, 0.29) is 78.3 Å². The number of nitrogens with one attached hydrogen (secondary N) is 4. The summed E-state index contributed by atoms with van der Waals surface area (Å²) in [7, 11) is 0. The first-order valence-corrected chi connectivity index (χ1v) is 15.2. The predicted octanol–water partition coefficient (Wildman–Crippen LogP) is -0.275. The number of carbonyl (C=O) groups excluding carboxylic acids is 5. The topological polar surface area (TPSA) is 206 Å². The minimum atomic E-state index is -2.37. The van der Waals surface area contributed by atoms with Crippen LogP contribution in [0.25, 0.3) is 0 Å². The molecule has 15 nitrogen and oxygen atoms in total. The lowest BCUT2D eigenvalue weighted by Gasteiger charge is -2.16. The minimum absolute atomic E-state index is 0.0277. The average molecular weight is 716 g/mol. The first-order valence-electron chi connectivity index (χ1n) is 15.2. The molecule has 0 fully saturated rings. The van der Waals surface area contributed by atoms with E-state index in [1.54, 1.807) is 0 Å². The number of hydrogen-bond acceptors (Lipinski definition) is 11. The van der Waals surface area contributed by atoms with Crippen molar-refractivity contribution in [2.75, 3.05) is 72.5 Å². The Kier molecular flexibility index (Phi) is 21.3. The number of nitrogens with two attached hydrogens (primary N) is 1. The molecule has 0 aromatic heterocycles. The molecular weight excluding hydrogens is 673 g/mol. The standard InChI is InChI=1S/C29H42F5N5O10/c1-17(39-20(41)16-37-29(44)18(2)38-19(40)4-3-6-35)28(43)36-7-9-46-11-13-48-15-14-47-12-10-45-8-5-21(42)49-27-25(33)23(31)22(30)24(32)26(27)34/h17-18H,3-16,35H2,1-2H3,(H,36,43)(H,37,44)(H,38,40)(H,39,41). The first-order chi connectivity index (χ1) is 23.3.